The molecule has 2 aliphatic heterocycles. The molecule has 216 valence electrons. The summed E-state index contributed by atoms with van der Waals surface area (Å²) in [5.41, 5.74) is 0.749. The molecule has 0 aromatic carbocycles. The van der Waals surface area contributed by atoms with E-state index in [0.29, 0.717) is 24.7 Å². The maximum absolute atomic E-state index is 13.0. The highest BCUT2D eigenvalue weighted by Gasteiger charge is 2.72. The first-order chi connectivity index (χ1) is 18.1. The number of rotatable bonds is 12. The van der Waals surface area contributed by atoms with Gasteiger partial charge in [0.15, 0.2) is 0 Å². The zero-order valence-electron chi connectivity index (χ0n) is 24.6. The molecule has 4 fully saturated rings. The van der Waals surface area contributed by atoms with Crippen molar-refractivity contribution in [2.45, 2.75) is 141 Å². The highest BCUT2D eigenvalue weighted by Crippen LogP contribution is 2.59. The van der Waals surface area contributed by atoms with Gasteiger partial charge in [0.25, 0.3) is 0 Å². The SMILES string of the molecule is COC1C(OC(=O)CC2CCC(NC(=O)CCCC(C)C)CC2)CC[C@]2(CO2)C1[C@]1(C)O[C@@H]1CC=C(C)C. The van der Waals surface area contributed by atoms with Crippen LogP contribution in [-0.2, 0) is 28.5 Å². The van der Waals surface area contributed by atoms with Crippen molar-refractivity contribution in [1.82, 2.24) is 5.32 Å². The van der Waals surface area contributed by atoms with Crippen molar-refractivity contribution in [3.8, 4) is 0 Å². The van der Waals surface area contributed by atoms with Gasteiger partial charge < -0.3 is 24.3 Å². The van der Waals surface area contributed by atoms with Gasteiger partial charge in [0.1, 0.15) is 23.4 Å². The highest BCUT2D eigenvalue weighted by molar-refractivity contribution is 5.76. The molecule has 0 aromatic rings. The molecular weight excluding hydrogens is 482 g/mol. The molecule has 4 rings (SSSR count). The fourth-order valence-electron chi connectivity index (χ4n) is 7.00. The van der Waals surface area contributed by atoms with E-state index in [-0.39, 0.29) is 53.4 Å². The van der Waals surface area contributed by atoms with Gasteiger partial charge in [-0.2, -0.15) is 0 Å². The van der Waals surface area contributed by atoms with E-state index in [1.165, 1.54) is 5.57 Å². The van der Waals surface area contributed by atoms with Crippen LogP contribution in [0.1, 0.15) is 105 Å². The van der Waals surface area contributed by atoms with Crippen molar-refractivity contribution in [3.05, 3.63) is 11.6 Å². The third-order valence-electron chi connectivity index (χ3n) is 9.37. The normalized spacial score (nSPS) is 38.1. The zero-order chi connectivity index (χ0) is 27.5. The minimum Gasteiger partial charge on any atom is -0.460 e. The summed E-state index contributed by atoms with van der Waals surface area (Å²) in [5, 5.41) is 3.20. The lowest BCUT2D eigenvalue weighted by Crippen LogP contribution is -2.55. The number of epoxide rings is 2. The molecule has 4 aliphatic rings. The Bertz CT molecular complexity index is 854. The van der Waals surface area contributed by atoms with Gasteiger partial charge >= 0.3 is 5.97 Å². The van der Waals surface area contributed by atoms with E-state index in [9.17, 15) is 9.59 Å². The molecule has 0 radical (unpaired) electrons. The number of allylic oxidation sites excluding steroid dienone is 1. The molecule has 1 N–H and O–H groups in total. The van der Waals surface area contributed by atoms with Gasteiger partial charge in [-0.15, -0.1) is 0 Å². The van der Waals surface area contributed by atoms with Crippen LogP contribution in [0.5, 0.6) is 0 Å². The van der Waals surface area contributed by atoms with E-state index < -0.39 is 0 Å². The largest absolute Gasteiger partial charge is 0.460 e. The minimum absolute atomic E-state index is 0.0432. The number of ether oxygens (including phenoxy) is 4. The molecule has 2 aliphatic carbocycles. The van der Waals surface area contributed by atoms with Crippen LogP contribution in [0, 0.1) is 17.8 Å². The molecule has 0 bridgehead atoms. The van der Waals surface area contributed by atoms with Crippen LogP contribution in [0.2, 0.25) is 0 Å². The third kappa shape index (κ3) is 7.19. The van der Waals surface area contributed by atoms with E-state index >= 15 is 0 Å². The number of amides is 1. The van der Waals surface area contributed by atoms with Gasteiger partial charge in [-0.05, 0) is 84.0 Å². The summed E-state index contributed by atoms with van der Waals surface area (Å²) in [4.78, 5) is 25.3. The van der Waals surface area contributed by atoms with Crippen LogP contribution in [0.3, 0.4) is 0 Å². The van der Waals surface area contributed by atoms with Crippen molar-refractivity contribution < 1.29 is 28.5 Å². The average Bonchev–Trinajstić information content (AvgIpc) is 3.77. The standard InChI is InChI=1S/C31H51NO6/c1-20(2)8-7-9-26(33)32-23-13-11-22(12-14-23)18-27(34)37-24-16-17-31(19-36-31)29(28(24)35-6)30(5)25(38-30)15-10-21(3)4/h10,20,22-25,28-29H,7-9,11-19H2,1-6H3,(H,32,33)/t22?,23?,24?,25-,28?,29?,30-,31+/m1/s1. The lowest BCUT2D eigenvalue weighted by atomic mass is 9.68. The van der Waals surface area contributed by atoms with E-state index in [1.54, 1.807) is 7.11 Å². The average molecular weight is 534 g/mol. The Morgan fingerprint density at radius 3 is 2.45 bits per heavy atom. The molecule has 6 atom stereocenters. The van der Waals surface area contributed by atoms with Crippen LogP contribution in [0.25, 0.3) is 0 Å². The predicted octanol–water partition coefficient (Wildman–Crippen LogP) is 5.50. The molecule has 38 heavy (non-hydrogen) atoms. The van der Waals surface area contributed by atoms with E-state index in [0.717, 1.165) is 64.4 Å². The Balaban J connectivity index is 1.24. The minimum atomic E-state index is -0.328. The number of carbonyl (C=O) groups excluding carboxylic acids is 2. The van der Waals surface area contributed by atoms with Crippen molar-refractivity contribution in [3.63, 3.8) is 0 Å². The monoisotopic (exact) mass is 533 g/mol. The van der Waals surface area contributed by atoms with Crippen molar-refractivity contribution >= 4 is 11.9 Å². The number of hydrogen-bond acceptors (Lipinski definition) is 6. The molecule has 2 saturated carbocycles. The van der Waals surface area contributed by atoms with Crippen LogP contribution < -0.4 is 5.32 Å². The number of nitrogens with one attached hydrogen (secondary N) is 1. The number of hydrogen-bond donors (Lipinski definition) is 1. The van der Waals surface area contributed by atoms with Gasteiger partial charge in [0, 0.05) is 26.0 Å². The highest BCUT2D eigenvalue weighted by atomic mass is 16.6. The van der Waals surface area contributed by atoms with Crippen LogP contribution in [-0.4, -0.2) is 61.1 Å². The van der Waals surface area contributed by atoms with Gasteiger partial charge in [-0.1, -0.05) is 31.9 Å². The first-order valence-corrected chi connectivity index (χ1v) is 15.0. The molecule has 2 saturated heterocycles. The third-order valence-corrected chi connectivity index (χ3v) is 9.37. The van der Waals surface area contributed by atoms with Crippen molar-refractivity contribution in [2.75, 3.05) is 13.7 Å². The maximum atomic E-state index is 13.0. The molecule has 2 heterocycles. The smallest absolute Gasteiger partial charge is 0.306 e. The van der Waals surface area contributed by atoms with Gasteiger partial charge in [-0.3, -0.25) is 9.59 Å². The molecule has 1 spiro atoms. The summed E-state index contributed by atoms with van der Waals surface area (Å²) < 4.78 is 24.4. The van der Waals surface area contributed by atoms with Gasteiger partial charge in [0.05, 0.1) is 18.6 Å². The van der Waals surface area contributed by atoms with Gasteiger partial charge in [0.2, 0.25) is 5.91 Å². The summed E-state index contributed by atoms with van der Waals surface area (Å²) in [6, 6.07) is 0.235. The Morgan fingerprint density at radius 1 is 1.13 bits per heavy atom. The lowest BCUT2D eigenvalue weighted by molar-refractivity contribution is -0.173. The fourth-order valence-corrected chi connectivity index (χ4v) is 7.00. The summed E-state index contributed by atoms with van der Waals surface area (Å²) in [6.07, 6.45) is 11.2. The van der Waals surface area contributed by atoms with E-state index in [2.05, 4.69) is 46.0 Å². The second kappa shape index (κ2) is 12.4. The first-order valence-electron chi connectivity index (χ1n) is 15.0. The summed E-state index contributed by atoms with van der Waals surface area (Å²) in [5.74, 6) is 1.02. The Kier molecular flexibility index (Phi) is 9.63. The van der Waals surface area contributed by atoms with Crippen molar-refractivity contribution in [2.24, 2.45) is 17.8 Å². The Labute approximate surface area is 229 Å². The van der Waals surface area contributed by atoms with Gasteiger partial charge in [-0.25, -0.2) is 0 Å². The second-order valence-corrected chi connectivity index (χ2v) is 13.2. The Morgan fingerprint density at radius 2 is 1.84 bits per heavy atom. The molecule has 7 heteroatoms. The predicted molar refractivity (Wildman–Crippen MR) is 147 cm³/mol. The first kappa shape index (κ1) is 29.5. The van der Waals surface area contributed by atoms with E-state index in [1.807, 2.05) is 0 Å². The molecule has 3 unspecified atom stereocenters. The topological polar surface area (TPSA) is 89.7 Å². The molecular formula is C31H51NO6. The Hall–Kier alpha value is -1.44. The van der Waals surface area contributed by atoms with Crippen LogP contribution in [0.15, 0.2) is 11.6 Å². The molecule has 1 amide bonds. The quantitative estimate of drug-likeness (QED) is 0.202. The number of esters is 1. The van der Waals surface area contributed by atoms with Crippen LogP contribution >= 0.6 is 0 Å². The number of methoxy groups -OCH3 is 1. The van der Waals surface area contributed by atoms with E-state index in [4.69, 9.17) is 18.9 Å². The number of carbonyl (C=O) groups is 2. The summed E-state index contributed by atoms with van der Waals surface area (Å²) in [6.45, 7) is 11.5. The fraction of sp³-hybridized carbons (Fsp3) is 0.871. The molecule has 7 nitrogen and oxygen atoms in total. The lowest BCUT2D eigenvalue weighted by Gasteiger charge is -2.42. The molecule has 0 aromatic heterocycles. The summed E-state index contributed by atoms with van der Waals surface area (Å²) in [7, 11) is 1.72. The van der Waals surface area contributed by atoms with Crippen molar-refractivity contribution in [1.29, 1.82) is 0 Å². The zero-order valence-corrected chi connectivity index (χ0v) is 24.6. The van der Waals surface area contributed by atoms with Crippen LogP contribution in [0.4, 0.5) is 0 Å². The summed E-state index contributed by atoms with van der Waals surface area (Å²) >= 11 is 0. The maximum Gasteiger partial charge on any atom is 0.306 e. The second-order valence-electron chi connectivity index (χ2n) is 13.2.